The quantitative estimate of drug-likeness (QED) is 0.908. The summed E-state index contributed by atoms with van der Waals surface area (Å²) >= 11 is 0. The minimum Gasteiger partial charge on any atom is -0.454 e. The molecule has 1 unspecified atom stereocenters. The second kappa shape index (κ2) is 4.59. The summed E-state index contributed by atoms with van der Waals surface area (Å²) < 4.78 is 12.8. The van der Waals surface area contributed by atoms with Crippen molar-refractivity contribution in [1.82, 2.24) is 9.55 Å². The van der Waals surface area contributed by atoms with Crippen LogP contribution in [0.25, 0.3) is 0 Å². The normalized spacial score (nSPS) is 14.7. The van der Waals surface area contributed by atoms with E-state index in [-0.39, 0.29) is 12.7 Å². The zero-order valence-electron chi connectivity index (χ0n) is 11.1. The van der Waals surface area contributed by atoms with Gasteiger partial charge < -0.3 is 19.8 Å². The van der Waals surface area contributed by atoms with E-state index in [1.54, 1.807) is 6.20 Å². The number of aryl methyl sites for hydroxylation is 2. The largest absolute Gasteiger partial charge is 0.454 e. The number of benzene rings is 1. The molecule has 0 fully saturated rings. The molecule has 0 bridgehead atoms. The Labute approximate surface area is 112 Å². The highest BCUT2D eigenvalue weighted by atomic mass is 16.7. The monoisotopic (exact) mass is 259 g/mol. The molecule has 0 spiro atoms. The fourth-order valence-electron chi connectivity index (χ4n) is 2.52. The number of rotatable bonds is 3. The molecule has 2 aromatic rings. The van der Waals surface area contributed by atoms with Crippen molar-refractivity contribution in [1.29, 1.82) is 0 Å². The molecule has 1 atom stereocenters. The van der Waals surface area contributed by atoms with E-state index in [2.05, 4.69) is 11.9 Å². The lowest BCUT2D eigenvalue weighted by Gasteiger charge is -2.18. The van der Waals surface area contributed by atoms with Gasteiger partial charge in [0.2, 0.25) is 6.79 Å². The molecule has 0 saturated carbocycles. The number of hydrogen-bond acceptors (Lipinski definition) is 4. The maximum absolute atomic E-state index is 5.95. The van der Waals surface area contributed by atoms with Crippen LogP contribution in [0.3, 0.4) is 0 Å². The van der Waals surface area contributed by atoms with Gasteiger partial charge in [0.05, 0.1) is 5.92 Å². The van der Waals surface area contributed by atoms with Crippen molar-refractivity contribution in [2.24, 2.45) is 12.8 Å². The van der Waals surface area contributed by atoms with Crippen molar-refractivity contribution < 1.29 is 9.47 Å². The SMILES string of the molecule is Cc1cc2c(cc1C(CN)c1nccn1C)OCO2. The first-order chi connectivity index (χ1) is 9.20. The predicted molar refractivity (Wildman–Crippen MR) is 71.4 cm³/mol. The number of hydrogen-bond donors (Lipinski definition) is 1. The molecule has 0 aliphatic carbocycles. The second-order valence-electron chi connectivity index (χ2n) is 4.75. The lowest BCUT2D eigenvalue weighted by atomic mass is 9.93. The number of fused-ring (bicyclic) bond motifs is 1. The van der Waals surface area contributed by atoms with Crippen molar-refractivity contribution in [3.8, 4) is 11.5 Å². The molecular formula is C14H17N3O2. The molecule has 1 aromatic heterocycles. The number of nitrogens with zero attached hydrogens (tertiary/aromatic N) is 2. The van der Waals surface area contributed by atoms with Crippen molar-refractivity contribution in [3.63, 3.8) is 0 Å². The lowest BCUT2D eigenvalue weighted by molar-refractivity contribution is 0.174. The van der Waals surface area contributed by atoms with Gasteiger partial charge in [-0.1, -0.05) is 0 Å². The van der Waals surface area contributed by atoms with Crippen molar-refractivity contribution in [3.05, 3.63) is 41.5 Å². The molecule has 5 nitrogen and oxygen atoms in total. The Bertz CT molecular complexity index is 607. The molecule has 0 saturated heterocycles. The average Bonchev–Trinajstić information content (AvgIpc) is 3.00. The first-order valence-corrected chi connectivity index (χ1v) is 6.28. The van der Waals surface area contributed by atoms with Crippen molar-refractivity contribution in [2.75, 3.05) is 13.3 Å². The van der Waals surface area contributed by atoms with Crippen LogP contribution in [0.2, 0.25) is 0 Å². The Hall–Kier alpha value is -2.01. The highest BCUT2D eigenvalue weighted by Crippen LogP contribution is 2.38. The van der Waals surface area contributed by atoms with E-state index in [9.17, 15) is 0 Å². The van der Waals surface area contributed by atoms with E-state index in [1.807, 2.05) is 29.9 Å². The number of nitrogens with two attached hydrogens (primary N) is 1. The Kier molecular flexibility index (Phi) is 2.91. The first-order valence-electron chi connectivity index (χ1n) is 6.28. The molecule has 5 heteroatoms. The molecule has 1 aromatic carbocycles. The van der Waals surface area contributed by atoms with Gasteiger partial charge in [-0.15, -0.1) is 0 Å². The van der Waals surface area contributed by atoms with Crippen LogP contribution < -0.4 is 15.2 Å². The molecular weight excluding hydrogens is 242 g/mol. The summed E-state index contributed by atoms with van der Waals surface area (Å²) in [4.78, 5) is 4.41. The van der Waals surface area contributed by atoms with Crippen LogP contribution in [-0.2, 0) is 7.05 Å². The standard InChI is InChI=1S/C14H17N3O2/c1-9-5-12-13(19-8-18-12)6-10(9)11(7-15)14-16-3-4-17(14)2/h3-6,11H,7-8,15H2,1-2H3. The summed E-state index contributed by atoms with van der Waals surface area (Å²) in [5.41, 5.74) is 8.23. The van der Waals surface area contributed by atoms with Crippen LogP contribution in [0.4, 0.5) is 0 Å². The second-order valence-corrected chi connectivity index (χ2v) is 4.75. The molecule has 0 amide bonds. The van der Waals surface area contributed by atoms with Gasteiger partial charge in [0, 0.05) is 26.0 Å². The molecule has 1 aliphatic rings. The lowest BCUT2D eigenvalue weighted by Crippen LogP contribution is -2.18. The van der Waals surface area contributed by atoms with Gasteiger partial charge in [-0.3, -0.25) is 0 Å². The van der Waals surface area contributed by atoms with E-state index in [0.717, 1.165) is 28.5 Å². The summed E-state index contributed by atoms with van der Waals surface area (Å²) in [6.45, 7) is 2.85. The molecule has 19 heavy (non-hydrogen) atoms. The minimum atomic E-state index is 0.0644. The van der Waals surface area contributed by atoms with Gasteiger partial charge in [-0.05, 0) is 30.2 Å². The van der Waals surface area contributed by atoms with E-state index >= 15 is 0 Å². The van der Waals surface area contributed by atoms with Crippen LogP contribution in [-0.4, -0.2) is 22.9 Å². The molecule has 2 heterocycles. The summed E-state index contributed by atoms with van der Waals surface area (Å²) in [5, 5.41) is 0. The van der Waals surface area contributed by atoms with Crippen LogP contribution in [0.1, 0.15) is 22.9 Å². The van der Waals surface area contributed by atoms with Gasteiger partial charge in [-0.2, -0.15) is 0 Å². The maximum Gasteiger partial charge on any atom is 0.231 e. The van der Waals surface area contributed by atoms with Gasteiger partial charge in [0.1, 0.15) is 5.82 Å². The van der Waals surface area contributed by atoms with E-state index in [4.69, 9.17) is 15.2 Å². The van der Waals surface area contributed by atoms with Crippen LogP contribution in [0.15, 0.2) is 24.5 Å². The molecule has 1 aliphatic heterocycles. The Morgan fingerprint density at radius 2 is 2.11 bits per heavy atom. The minimum absolute atomic E-state index is 0.0644. The zero-order chi connectivity index (χ0) is 13.4. The zero-order valence-corrected chi connectivity index (χ0v) is 11.1. The van der Waals surface area contributed by atoms with Gasteiger partial charge in [-0.25, -0.2) is 4.98 Å². The van der Waals surface area contributed by atoms with Gasteiger partial charge >= 0.3 is 0 Å². The summed E-state index contributed by atoms with van der Waals surface area (Å²) in [5.74, 6) is 2.61. The summed E-state index contributed by atoms with van der Waals surface area (Å²) in [6.07, 6.45) is 3.72. The topological polar surface area (TPSA) is 62.3 Å². The Balaban J connectivity index is 2.07. The van der Waals surface area contributed by atoms with Gasteiger partial charge in [0.15, 0.2) is 11.5 Å². The van der Waals surface area contributed by atoms with E-state index < -0.39 is 0 Å². The van der Waals surface area contributed by atoms with Crippen LogP contribution in [0.5, 0.6) is 11.5 Å². The van der Waals surface area contributed by atoms with E-state index in [0.29, 0.717) is 6.54 Å². The smallest absolute Gasteiger partial charge is 0.231 e. The Morgan fingerprint density at radius 3 is 2.74 bits per heavy atom. The highest BCUT2D eigenvalue weighted by Gasteiger charge is 2.23. The van der Waals surface area contributed by atoms with E-state index in [1.165, 1.54) is 0 Å². The number of imidazole rings is 1. The number of aromatic nitrogens is 2. The Morgan fingerprint density at radius 1 is 1.37 bits per heavy atom. The van der Waals surface area contributed by atoms with Gasteiger partial charge in [0.25, 0.3) is 0 Å². The van der Waals surface area contributed by atoms with Crippen molar-refractivity contribution in [2.45, 2.75) is 12.8 Å². The fourth-order valence-corrected chi connectivity index (χ4v) is 2.52. The average molecular weight is 259 g/mol. The highest BCUT2D eigenvalue weighted by molar-refractivity contribution is 5.50. The molecule has 100 valence electrons. The number of ether oxygens (including phenoxy) is 2. The van der Waals surface area contributed by atoms with Crippen LogP contribution in [0, 0.1) is 6.92 Å². The molecule has 3 rings (SSSR count). The first kappa shape index (κ1) is 12.0. The van der Waals surface area contributed by atoms with Crippen molar-refractivity contribution >= 4 is 0 Å². The summed E-state index contributed by atoms with van der Waals surface area (Å²) in [7, 11) is 1.98. The maximum atomic E-state index is 5.95. The fraction of sp³-hybridized carbons (Fsp3) is 0.357. The molecule has 2 N–H and O–H groups in total. The van der Waals surface area contributed by atoms with Crippen LogP contribution >= 0.6 is 0 Å². The predicted octanol–water partition coefficient (Wildman–Crippen LogP) is 1.55. The molecule has 0 radical (unpaired) electrons. The third-order valence-corrected chi connectivity index (χ3v) is 3.54. The summed E-state index contributed by atoms with van der Waals surface area (Å²) in [6, 6.07) is 4.02. The third kappa shape index (κ3) is 1.96. The third-order valence-electron chi connectivity index (χ3n) is 3.54.